The van der Waals surface area contributed by atoms with Crippen LogP contribution >= 0.6 is 11.6 Å². The van der Waals surface area contributed by atoms with E-state index in [2.05, 4.69) is 0 Å². The van der Waals surface area contributed by atoms with Crippen molar-refractivity contribution in [2.24, 2.45) is 5.92 Å². The van der Waals surface area contributed by atoms with E-state index in [9.17, 15) is 8.42 Å². The summed E-state index contributed by atoms with van der Waals surface area (Å²) in [5.74, 6) is 0.959. The monoisotopic (exact) mass is 303 g/mol. The van der Waals surface area contributed by atoms with Crippen molar-refractivity contribution in [1.82, 2.24) is 0 Å². The SMILES string of the molecule is CC(CCl)CS(=O)(=O)N1CCCOc2ccccc21. The summed E-state index contributed by atoms with van der Waals surface area (Å²) in [5, 5.41) is 0. The lowest BCUT2D eigenvalue weighted by molar-refractivity contribution is 0.322. The molecule has 1 heterocycles. The molecule has 0 aromatic heterocycles. The number of hydrogen-bond donors (Lipinski definition) is 0. The Labute approximate surface area is 119 Å². The van der Waals surface area contributed by atoms with Crippen molar-refractivity contribution in [2.75, 3.05) is 29.1 Å². The molecule has 0 radical (unpaired) electrons. The molecule has 1 aliphatic rings. The lowest BCUT2D eigenvalue weighted by Gasteiger charge is -2.24. The summed E-state index contributed by atoms with van der Waals surface area (Å²) in [7, 11) is -3.36. The van der Waals surface area contributed by atoms with Gasteiger partial charge in [-0.2, -0.15) is 0 Å². The molecule has 2 rings (SSSR count). The van der Waals surface area contributed by atoms with Crippen molar-refractivity contribution in [3.05, 3.63) is 24.3 Å². The maximum atomic E-state index is 12.5. The van der Waals surface area contributed by atoms with Crippen LogP contribution in [0.5, 0.6) is 5.75 Å². The van der Waals surface area contributed by atoms with Gasteiger partial charge in [-0.15, -0.1) is 11.6 Å². The summed E-state index contributed by atoms with van der Waals surface area (Å²) >= 11 is 5.72. The normalized spacial score (nSPS) is 17.3. The van der Waals surface area contributed by atoms with E-state index in [0.717, 1.165) is 0 Å². The topological polar surface area (TPSA) is 46.6 Å². The van der Waals surface area contributed by atoms with E-state index >= 15 is 0 Å². The van der Waals surface area contributed by atoms with E-state index in [1.165, 1.54) is 4.31 Å². The van der Waals surface area contributed by atoms with E-state index in [0.29, 0.717) is 36.9 Å². The minimum Gasteiger partial charge on any atom is -0.491 e. The fourth-order valence-corrected chi connectivity index (χ4v) is 4.19. The summed E-state index contributed by atoms with van der Waals surface area (Å²) < 4.78 is 32.0. The van der Waals surface area contributed by atoms with Crippen molar-refractivity contribution < 1.29 is 13.2 Å². The highest BCUT2D eigenvalue weighted by Crippen LogP contribution is 2.32. The Morgan fingerprint density at radius 3 is 2.89 bits per heavy atom. The van der Waals surface area contributed by atoms with Crippen molar-refractivity contribution in [3.8, 4) is 5.75 Å². The Kier molecular flexibility index (Phi) is 4.58. The van der Waals surface area contributed by atoms with Crippen LogP contribution in [0.15, 0.2) is 24.3 Å². The van der Waals surface area contributed by atoms with Gasteiger partial charge in [0.25, 0.3) is 0 Å². The fourth-order valence-electron chi connectivity index (χ4n) is 2.08. The minimum absolute atomic E-state index is 0.0604. The van der Waals surface area contributed by atoms with E-state index in [1.807, 2.05) is 19.1 Å². The van der Waals surface area contributed by atoms with Gasteiger partial charge in [0.15, 0.2) is 0 Å². The predicted molar refractivity (Wildman–Crippen MR) is 77.6 cm³/mol. The number of sulfonamides is 1. The van der Waals surface area contributed by atoms with Gasteiger partial charge in [-0.25, -0.2) is 8.42 Å². The quantitative estimate of drug-likeness (QED) is 0.803. The average Bonchev–Trinajstić information content (AvgIpc) is 2.60. The molecular weight excluding hydrogens is 286 g/mol. The standard InChI is InChI=1S/C13H18ClNO3S/c1-11(9-14)10-19(16,17)15-7-4-8-18-13-6-3-2-5-12(13)15/h2-3,5-6,11H,4,7-10H2,1H3. The van der Waals surface area contributed by atoms with Crippen LogP contribution in [0.25, 0.3) is 0 Å². The Bertz CT molecular complexity index is 532. The minimum atomic E-state index is -3.36. The van der Waals surface area contributed by atoms with Crippen LogP contribution in [0, 0.1) is 5.92 Å². The molecule has 1 unspecified atom stereocenters. The third-order valence-electron chi connectivity index (χ3n) is 2.99. The summed E-state index contributed by atoms with van der Waals surface area (Å²) in [6.45, 7) is 2.83. The number of hydrogen-bond acceptors (Lipinski definition) is 3. The molecule has 0 aliphatic carbocycles. The Morgan fingerprint density at radius 2 is 2.16 bits per heavy atom. The number of rotatable bonds is 4. The maximum Gasteiger partial charge on any atom is 0.235 e. The van der Waals surface area contributed by atoms with E-state index < -0.39 is 10.0 Å². The van der Waals surface area contributed by atoms with Crippen LogP contribution in [-0.4, -0.2) is 33.2 Å². The zero-order valence-corrected chi connectivity index (χ0v) is 12.5. The Balaban J connectivity index is 2.34. The van der Waals surface area contributed by atoms with Gasteiger partial charge in [-0.3, -0.25) is 4.31 Å². The number of anilines is 1. The highest BCUT2D eigenvalue weighted by molar-refractivity contribution is 7.92. The number of para-hydroxylation sites is 2. The van der Waals surface area contributed by atoms with Crippen molar-refractivity contribution in [2.45, 2.75) is 13.3 Å². The summed E-state index contributed by atoms with van der Waals surface area (Å²) in [6.07, 6.45) is 0.684. The first-order valence-electron chi connectivity index (χ1n) is 6.33. The highest BCUT2D eigenvalue weighted by Gasteiger charge is 2.28. The van der Waals surface area contributed by atoms with Crippen molar-refractivity contribution in [1.29, 1.82) is 0 Å². The molecule has 0 bridgehead atoms. The van der Waals surface area contributed by atoms with Gasteiger partial charge < -0.3 is 4.74 Å². The molecule has 0 N–H and O–H groups in total. The molecule has 106 valence electrons. The van der Waals surface area contributed by atoms with Crippen molar-refractivity contribution >= 4 is 27.3 Å². The van der Waals surface area contributed by atoms with Gasteiger partial charge in [0.1, 0.15) is 5.75 Å². The van der Waals surface area contributed by atoms with Gasteiger partial charge in [-0.05, 0) is 18.1 Å². The molecule has 1 aliphatic heterocycles. The van der Waals surface area contributed by atoms with Crippen LogP contribution < -0.4 is 9.04 Å². The number of fused-ring (bicyclic) bond motifs is 1. The van der Waals surface area contributed by atoms with Crippen LogP contribution in [0.1, 0.15) is 13.3 Å². The molecule has 0 saturated carbocycles. The molecule has 6 heteroatoms. The molecule has 1 atom stereocenters. The second kappa shape index (κ2) is 6.01. The number of nitrogens with zero attached hydrogens (tertiary/aromatic N) is 1. The zero-order valence-electron chi connectivity index (χ0n) is 10.9. The average molecular weight is 304 g/mol. The molecule has 1 aromatic carbocycles. The van der Waals surface area contributed by atoms with E-state index in [4.69, 9.17) is 16.3 Å². The lowest BCUT2D eigenvalue weighted by Crippen LogP contribution is -2.35. The lowest BCUT2D eigenvalue weighted by atomic mass is 10.3. The summed E-state index contributed by atoms with van der Waals surface area (Å²) in [6, 6.07) is 7.25. The first-order valence-corrected chi connectivity index (χ1v) is 8.47. The van der Waals surface area contributed by atoms with Crippen LogP contribution in [-0.2, 0) is 10.0 Å². The van der Waals surface area contributed by atoms with Crippen molar-refractivity contribution in [3.63, 3.8) is 0 Å². The van der Waals surface area contributed by atoms with Crippen LogP contribution in [0.2, 0.25) is 0 Å². The van der Waals surface area contributed by atoms with Crippen LogP contribution in [0.3, 0.4) is 0 Å². The number of ether oxygens (including phenoxy) is 1. The smallest absolute Gasteiger partial charge is 0.235 e. The second-order valence-electron chi connectivity index (χ2n) is 4.78. The van der Waals surface area contributed by atoms with Gasteiger partial charge in [0, 0.05) is 18.8 Å². The number of benzene rings is 1. The Hall–Kier alpha value is -0.940. The second-order valence-corrected chi connectivity index (χ2v) is 7.03. The van der Waals surface area contributed by atoms with E-state index in [1.54, 1.807) is 12.1 Å². The summed E-state index contributed by atoms with van der Waals surface area (Å²) in [4.78, 5) is 0. The first-order chi connectivity index (χ1) is 9.04. The predicted octanol–water partition coefficient (Wildman–Crippen LogP) is 2.48. The number of halogens is 1. The summed E-state index contributed by atoms with van der Waals surface area (Å²) in [5.41, 5.74) is 0.627. The molecule has 0 spiro atoms. The highest BCUT2D eigenvalue weighted by atomic mass is 35.5. The molecule has 0 amide bonds. The Morgan fingerprint density at radius 1 is 1.42 bits per heavy atom. The third kappa shape index (κ3) is 3.34. The number of alkyl halides is 1. The molecule has 4 nitrogen and oxygen atoms in total. The third-order valence-corrected chi connectivity index (χ3v) is 5.56. The van der Waals surface area contributed by atoms with Crippen LogP contribution in [0.4, 0.5) is 5.69 Å². The first kappa shape index (κ1) is 14.5. The molecular formula is C13H18ClNO3S. The van der Waals surface area contributed by atoms with Gasteiger partial charge in [0.2, 0.25) is 10.0 Å². The fraction of sp³-hybridized carbons (Fsp3) is 0.538. The molecule has 0 saturated heterocycles. The van der Waals surface area contributed by atoms with Gasteiger partial charge in [0.05, 0.1) is 18.0 Å². The maximum absolute atomic E-state index is 12.5. The zero-order chi connectivity index (χ0) is 13.9. The van der Waals surface area contributed by atoms with E-state index in [-0.39, 0.29) is 11.7 Å². The molecule has 1 aromatic rings. The molecule has 19 heavy (non-hydrogen) atoms. The largest absolute Gasteiger partial charge is 0.491 e. The molecule has 0 fully saturated rings. The van der Waals surface area contributed by atoms with Gasteiger partial charge >= 0.3 is 0 Å². The van der Waals surface area contributed by atoms with Gasteiger partial charge in [-0.1, -0.05) is 19.1 Å².